The monoisotopic (exact) mass is 446 g/mol. The molecule has 0 bridgehead atoms. The van der Waals surface area contributed by atoms with Crippen molar-refractivity contribution in [2.45, 2.75) is 26.4 Å². The van der Waals surface area contributed by atoms with Crippen molar-refractivity contribution in [3.8, 4) is 22.8 Å². The van der Waals surface area contributed by atoms with Crippen LogP contribution >= 0.6 is 0 Å². The Labute approximate surface area is 191 Å². The summed E-state index contributed by atoms with van der Waals surface area (Å²) in [4.78, 5) is 17.4. The molecule has 0 aliphatic rings. The Morgan fingerprint density at radius 3 is 2.33 bits per heavy atom. The van der Waals surface area contributed by atoms with E-state index >= 15 is 0 Å². The minimum absolute atomic E-state index is 0.302. The fourth-order valence-corrected chi connectivity index (χ4v) is 3.57. The largest absolute Gasteiger partial charge is 0.493 e. The number of fused-ring (bicyclic) bond motifs is 1. The van der Waals surface area contributed by atoms with E-state index < -0.39 is 5.60 Å². The molecule has 2 aromatic carbocycles. The summed E-state index contributed by atoms with van der Waals surface area (Å²) in [5, 5.41) is 17.5. The van der Waals surface area contributed by atoms with Crippen molar-refractivity contribution < 1.29 is 19.4 Å². The average molecular weight is 447 g/mol. The lowest BCUT2D eigenvalue weighted by Gasteiger charge is -2.17. The van der Waals surface area contributed by atoms with Gasteiger partial charge in [0.15, 0.2) is 17.1 Å². The Hall–Kier alpha value is -3.91. The van der Waals surface area contributed by atoms with Crippen LogP contribution in [-0.2, 0) is 5.60 Å². The quantitative estimate of drug-likeness (QED) is 0.461. The van der Waals surface area contributed by atoms with Crippen LogP contribution in [0.5, 0.6) is 11.5 Å². The first-order valence-electron chi connectivity index (χ1n) is 10.4. The highest BCUT2D eigenvalue weighted by Crippen LogP contribution is 2.33. The van der Waals surface area contributed by atoms with Crippen LogP contribution in [0.15, 0.2) is 54.6 Å². The van der Waals surface area contributed by atoms with Crippen molar-refractivity contribution in [3.05, 3.63) is 71.4 Å². The van der Waals surface area contributed by atoms with Gasteiger partial charge >= 0.3 is 0 Å². The highest BCUT2D eigenvalue weighted by atomic mass is 16.5. The summed E-state index contributed by atoms with van der Waals surface area (Å²) < 4.78 is 12.5. The van der Waals surface area contributed by atoms with Gasteiger partial charge in [0.1, 0.15) is 5.82 Å². The molecule has 0 saturated heterocycles. The highest BCUT2D eigenvalue weighted by Gasteiger charge is 2.18. The van der Waals surface area contributed by atoms with Crippen molar-refractivity contribution in [1.29, 1.82) is 0 Å². The number of methoxy groups -OCH3 is 2. The van der Waals surface area contributed by atoms with Crippen LogP contribution < -0.4 is 14.8 Å². The van der Waals surface area contributed by atoms with Crippen molar-refractivity contribution in [2.75, 3.05) is 19.5 Å². The molecule has 0 fully saturated rings. The van der Waals surface area contributed by atoms with Crippen molar-refractivity contribution in [1.82, 2.24) is 14.6 Å². The maximum absolute atomic E-state index is 12.9. The molecular weight excluding hydrogens is 420 g/mol. The minimum atomic E-state index is -0.976. The van der Waals surface area contributed by atoms with Gasteiger partial charge in [-0.2, -0.15) is 5.10 Å². The van der Waals surface area contributed by atoms with Gasteiger partial charge in [-0.05, 0) is 56.7 Å². The van der Waals surface area contributed by atoms with Gasteiger partial charge in [-0.3, -0.25) is 4.79 Å². The zero-order valence-electron chi connectivity index (χ0n) is 19.2. The zero-order chi connectivity index (χ0) is 23.8. The molecular formula is C25H26N4O4. The number of carbonyl (C=O) groups excluding carboxylic acids is 1. The third kappa shape index (κ3) is 4.51. The SMILES string of the molecule is COc1ccc(-c2cc(NC(=O)c3ccc(C(C)(C)O)cc3)nc3cc(C)nn23)cc1OC. The van der Waals surface area contributed by atoms with Gasteiger partial charge in [0.05, 0.1) is 31.2 Å². The molecule has 2 aromatic heterocycles. The second-order valence-electron chi connectivity index (χ2n) is 8.24. The molecule has 0 aliphatic carbocycles. The molecule has 0 saturated carbocycles. The molecule has 0 unspecified atom stereocenters. The highest BCUT2D eigenvalue weighted by molar-refractivity contribution is 6.04. The summed E-state index contributed by atoms with van der Waals surface area (Å²) in [5.41, 5.74) is 3.18. The Balaban J connectivity index is 1.72. The summed E-state index contributed by atoms with van der Waals surface area (Å²) in [6, 6.07) is 16.0. The molecule has 8 nitrogen and oxygen atoms in total. The number of rotatable bonds is 6. The number of nitrogens with one attached hydrogen (secondary N) is 1. The number of aromatic nitrogens is 3. The van der Waals surface area contributed by atoms with Crippen molar-refractivity contribution >= 4 is 17.4 Å². The fraction of sp³-hybridized carbons (Fsp3) is 0.240. The van der Waals surface area contributed by atoms with Crippen LogP contribution in [0.3, 0.4) is 0 Å². The van der Waals surface area contributed by atoms with Crippen LogP contribution in [0.1, 0.15) is 35.5 Å². The van der Waals surface area contributed by atoms with E-state index in [2.05, 4.69) is 15.4 Å². The summed E-state index contributed by atoms with van der Waals surface area (Å²) in [7, 11) is 3.16. The van der Waals surface area contributed by atoms with E-state index in [9.17, 15) is 9.90 Å². The van der Waals surface area contributed by atoms with E-state index in [4.69, 9.17) is 9.47 Å². The molecule has 33 heavy (non-hydrogen) atoms. The maximum atomic E-state index is 12.9. The number of benzene rings is 2. The second-order valence-corrected chi connectivity index (χ2v) is 8.24. The Morgan fingerprint density at radius 1 is 1.00 bits per heavy atom. The van der Waals surface area contributed by atoms with Crippen LogP contribution in [0.2, 0.25) is 0 Å². The van der Waals surface area contributed by atoms with Crippen molar-refractivity contribution in [3.63, 3.8) is 0 Å². The van der Waals surface area contributed by atoms with Gasteiger partial charge in [0.2, 0.25) is 0 Å². The van der Waals surface area contributed by atoms with E-state index in [1.54, 1.807) is 62.9 Å². The molecule has 0 spiro atoms. The van der Waals surface area contributed by atoms with E-state index in [1.165, 1.54) is 0 Å². The summed E-state index contributed by atoms with van der Waals surface area (Å²) in [6.07, 6.45) is 0. The molecule has 0 atom stereocenters. The van der Waals surface area contributed by atoms with E-state index in [-0.39, 0.29) is 5.91 Å². The smallest absolute Gasteiger partial charge is 0.256 e. The standard InChI is InChI=1S/C25H26N4O4/c1-15-12-23-26-22(27-24(30)16-6-9-18(10-7-16)25(2,3)31)14-19(29(23)28-15)17-8-11-20(32-4)21(13-17)33-5/h6-14,31H,1-5H3,(H,26,27,30). The van der Waals surface area contributed by atoms with Gasteiger partial charge in [-0.25, -0.2) is 9.50 Å². The number of aryl methyl sites for hydroxylation is 1. The van der Waals surface area contributed by atoms with Crippen LogP contribution in [-0.4, -0.2) is 39.8 Å². The molecule has 2 N–H and O–H groups in total. The number of ether oxygens (including phenoxy) is 2. The summed E-state index contributed by atoms with van der Waals surface area (Å²) >= 11 is 0. The lowest BCUT2D eigenvalue weighted by molar-refractivity contribution is 0.0785. The molecule has 0 radical (unpaired) electrons. The first-order chi connectivity index (χ1) is 15.7. The lowest BCUT2D eigenvalue weighted by atomic mass is 9.97. The lowest BCUT2D eigenvalue weighted by Crippen LogP contribution is -2.17. The van der Waals surface area contributed by atoms with Gasteiger partial charge in [0, 0.05) is 23.3 Å². The number of carbonyl (C=O) groups is 1. The Bertz CT molecular complexity index is 1320. The number of hydrogen-bond donors (Lipinski definition) is 2. The van der Waals surface area contributed by atoms with Crippen molar-refractivity contribution in [2.24, 2.45) is 0 Å². The third-order valence-electron chi connectivity index (χ3n) is 5.32. The minimum Gasteiger partial charge on any atom is -0.493 e. The fourth-order valence-electron chi connectivity index (χ4n) is 3.57. The average Bonchev–Trinajstić information content (AvgIpc) is 3.17. The second kappa shape index (κ2) is 8.55. The van der Waals surface area contributed by atoms with E-state index in [1.807, 2.05) is 31.2 Å². The summed E-state index contributed by atoms with van der Waals surface area (Å²) in [5.74, 6) is 1.29. The van der Waals surface area contributed by atoms with Crippen LogP contribution in [0, 0.1) is 6.92 Å². The first kappa shape index (κ1) is 22.3. The van der Waals surface area contributed by atoms with Crippen LogP contribution in [0.25, 0.3) is 16.9 Å². The number of amides is 1. The van der Waals surface area contributed by atoms with E-state index in [0.29, 0.717) is 28.5 Å². The van der Waals surface area contributed by atoms with Crippen LogP contribution in [0.4, 0.5) is 5.82 Å². The number of nitrogens with zero attached hydrogens (tertiary/aromatic N) is 3. The molecule has 1 amide bonds. The number of hydrogen-bond acceptors (Lipinski definition) is 6. The van der Waals surface area contributed by atoms with Gasteiger partial charge < -0.3 is 19.9 Å². The first-order valence-corrected chi connectivity index (χ1v) is 10.4. The molecule has 0 aliphatic heterocycles. The normalized spacial score (nSPS) is 11.5. The molecule has 2 heterocycles. The topological polar surface area (TPSA) is 98.0 Å². The third-order valence-corrected chi connectivity index (χ3v) is 5.32. The van der Waals surface area contributed by atoms with E-state index in [0.717, 1.165) is 22.5 Å². The van der Waals surface area contributed by atoms with Gasteiger partial charge in [0.25, 0.3) is 5.91 Å². The zero-order valence-corrected chi connectivity index (χ0v) is 19.2. The predicted molar refractivity (Wildman–Crippen MR) is 126 cm³/mol. The predicted octanol–water partition coefficient (Wildman–Crippen LogP) is 4.20. The molecule has 170 valence electrons. The Morgan fingerprint density at radius 2 is 1.70 bits per heavy atom. The molecule has 8 heteroatoms. The van der Waals surface area contributed by atoms with Gasteiger partial charge in [-0.15, -0.1) is 0 Å². The summed E-state index contributed by atoms with van der Waals surface area (Å²) in [6.45, 7) is 5.28. The maximum Gasteiger partial charge on any atom is 0.256 e. The number of aliphatic hydroxyl groups is 1. The molecule has 4 aromatic rings. The Kier molecular flexibility index (Phi) is 5.78. The van der Waals surface area contributed by atoms with Gasteiger partial charge in [-0.1, -0.05) is 12.1 Å². The molecule has 4 rings (SSSR count). The number of anilines is 1.